The third-order valence-corrected chi connectivity index (χ3v) is 16.6. The van der Waals surface area contributed by atoms with E-state index in [0.29, 0.717) is 21.2 Å². The number of fused-ring (bicyclic) bond motifs is 2. The van der Waals surface area contributed by atoms with Crippen LogP contribution in [0.1, 0.15) is 11.1 Å². The van der Waals surface area contributed by atoms with Gasteiger partial charge in [0.25, 0.3) is 0 Å². The quantitative estimate of drug-likeness (QED) is 0.123. The van der Waals surface area contributed by atoms with Gasteiger partial charge in [0, 0.05) is 22.8 Å². The van der Waals surface area contributed by atoms with Crippen molar-refractivity contribution in [1.29, 1.82) is 0 Å². The molecule has 10 heteroatoms. The van der Waals surface area contributed by atoms with Crippen molar-refractivity contribution in [2.75, 3.05) is 12.3 Å². The molecule has 1 nitrogen and oxygen atoms in total. The predicted molar refractivity (Wildman–Crippen MR) is 181 cm³/mol. The minimum absolute atomic E-state index is 0.0585. The maximum Gasteiger partial charge on any atom is 0.416 e. The normalized spacial score (nSPS) is 12.9. The molecule has 0 aliphatic heterocycles. The maximum absolute atomic E-state index is 15.5. The molecule has 0 saturated heterocycles. The summed E-state index contributed by atoms with van der Waals surface area (Å²) in [6.07, 6.45) is -8.98. The Kier molecular flexibility index (Phi) is 8.52. The highest BCUT2D eigenvalue weighted by Gasteiger charge is 2.35. The second kappa shape index (κ2) is 12.2. The summed E-state index contributed by atoms with van der Waals surface area (Å²) in [5.41, 5.74) is -1.72. The van der Waals surface area contributed by atoms with Crippen molar-refractivity contribution in [3.8, 4) is 0 Å². The van der Waals surface area contributed by atoms with Gasteiger partial charge < -0.3 is 4.57 Å². The van der Waals surface area contributed by atoms with E-state index in [1.54, 1.807) is 0 Å². The summed E-state index contributed by atoms with van der Waals surface area (Å²) in [5.74, 6) is 0. The van der Waals surface area contributed by atoms with Gasteiger partial charge in [0.05, 0.1) is 11.1 Å². The average Bonchev–Trinajstić information content (AvgIpc) is 3.06. The van der Waals surface area contributed by atoms with Crippen LogP contribution in [0.25, 0.3) is 21.5 Å². The lowest BCUT2D eigenvalue weighted by molar-refractivity contribution is -0.138. The summed E-state index contributed by atoms with van der Waals surface area (Å²) < 4.78 is 96.1. The number of rotatable bonds is 7. The Hall–Kier alpha value is -3.70. The molecule has 6 aromatic carbocycles. The van der Waals surface area contributed by atoms with Crippen LogP contribution in [0.15, 0.2) is 133 Å². The molecule has 0 N–H and O–H groups in total. The van der Waals surface area contributed by atoms with E-state index in [1.807, 2.05) is 84.9 Å². The molecule has 0 unspecified atom stereocenters. The molecule has 0 heterocycles. The lowest BCUT2D eigenvalue weighted by Gasteiger charge is -2.28. The first-order chi connectivity index (χ1) is 21.8. The van der Waals surface area contributed by atoms with E-state index in [1.165, 1.54) is 24.3 Å². The van der Waals surface area contributed by atoms with Crippen LogP contribution in [0.2, 0.25) is 0 Å². The Labute approximate surface area is 267 Å². The number of alkyl halides is 6. The molecule has 0 saturated carbocycles. The zero-order valence-electron chi connectivity index (χ0n) is 24.1. The van der Waals surface area contributed by atoms with Crippen molar-refractivity contribution in [1.82, 2.24) is 0 Å². The summed E-state index contributed by atoms with van der Waals surface area (Å²) in [6, 6.07) is 32.5. The third-order valence-electron chi connectivity index (χ3n) is 8.25. The zero-order valence-corrected chi connectivity index (χ0v) is 26.7. The minimum atomic E-state index is -4.57. The second-order valence-corrected chi connectivity index (χ2v) is 18.9. The van der Waals surface area contributed by atoms with Crippen LogP contribution in [-0.4, -0.2) is 12.3 Å². The van der Waals surface area contributed by atoms with Crippen molar-refractivity contribution < 1.29 is 30.9 Å². The largest absolute Gasteiger partial charge is 0.416 e. The summed E-state index contributed by atoms with van der Waals surface area (Å²) in [7, 11) is -3.44. The molecule has 6 aromatic rings. The van der Waals surface area contributed by atoms with Crippen LogP contribution >= 0.6 is 13.2 Å². The fourth-order valence-corrected chi connectivity index (χ4v) is 13.6. The molecule has 0 atom stereocenters. The lowest BCUT2D eigenvalue weighted by Crippen LogP contribution is -2.25. The summed E-state index contributed by atoms with van der Waals surface area (Å²) in [6.45, 7) is 0. The first-order valence-corrected chi connectivity index (χ1v) is 19.2. The smallest absolute Gasteiger partial charge is 0.314 e. The highest BCUT2D eigenvalue weighted by Crippen LogP contribution is 2.52. The van der Waals surface area contributed by atoms with E-state index in [0.717, 1.165) is 45.8 Å². The predicted octanol–water partition coefficient (Wildman–Crippen LogP) is 9.47. The van der Waals surface area contributed by atoms with Gasteiger partial charge in [-0.05, 0) is 74.7 Å². The SMILES string of the molecule is O=P(CCP(=S)(c1ccc(C(F)(F)F)cc1)c1ccc(C(F)(F)F)cc1)(c1ccc2ccccc2c1)c1ccc2ccccc2c1. The third kappa shape index (κ3) is 6.31. The van der Waals surface area contributed by atoms with Crippen LogP contribution in [0.3, 0.4) is 0 Å². The maximum atomic E-state index is 15.5. The van der Waals surface area contributed by atoms with E-state index in [4.69, 9.17) is 11.8 Å². The lowest BCUT2D eigenvalue weighted by atomic mass is 10.1. The zero-order chi connectivity index (χ0) is 32.7. The minimum Gasteiger partial charge on any atom is -0.314 e. The molecule has 0 amide bonds. The molecular weight excluding hydrogens is 656 g/mol. The van der Waals surface area contributed by atoms with Crippen LogP contribution in [0, 0.1) is 0 Å². The van der Waals surface area contributed by atoms with E-state index in [-0.39, 0.29) is 12.3 Å². The van der Waals surface area contributed by atoms with Crippen molar-refractivity contribution in [2.45, 2.75) is 12.4 Å². The fraction of sp³-hybridized carbons (Fsp3) is 0.111. The first kappa shape index (κ1) is 32.2. The van der Waals surface area contributed by atoms with Crippen molar-refractivity contribution in [3.05, 3.63) is 145 Å². The number of hydrogen-bond acceptors (Lipinski definition) is 2. The fourth-order valence-electron chi connectivity index (χ4n) is 5.68. The number of benzene rings is 6. The Morgan fingerprint density at radius 3 is 1.17 bits per heavy atom. The van der Waals surface area contributed by atoms with Gasteiger partial charge in [-0.15, -0.1) is 0 Å². The summed E-state index contributed by atoms with van der Waals surface area (Å²) in [5, 5.41) is 5.73. The monoisotopic (exact) mass is 682 g/mol. The van der Waals surface area contributed by atoms with Crippen LogP contribution < -0.4 is 21.2 Å². The van der Waals surface area contributed by atoms with Gasteiger partial charge in [0.2, 0.25) is 0 Å². The van der Waals surface area contributed by atoms with Crippen LogP contribution in [0.4, 0.5) is 26.3 Å². The molecule has 6 rings (SSSR count). The van der Waals surface area contributed by atoms with Gasteiger partial charge in [-0.2, -0.15) is 26.3 Å². The Morgan fingerprint density at radius 2 is 0.804 bits per heavy atom. The van der Waals surface area contributed by atoms with E-state index < -0.39 is 36.7 Å². The van der Waals surface area contributed by atoms with E-state index in [9.17, 15) is 26.3 Å². The Bertz CT molecular complexity index is 1990. The summed E-state index contributed by atoms with van der Waals surface area (Å²) in [4.78, 5) is 0. The van der Waals surface area contributed by atoms with Gasteiger partial charge in [0.1, 0.15) is 7.14 Å². The highest BCUT2D eigenvalue weighted by molar-refractivity contribution is 8.22. The standard InChI is InChI=1S/C36H26F6OP2S/c37-35(38,39)29-11-17-31(18-12-29)45(46,32-19-13-30(14-20-32)36(40,41)42)22-21-44(43,33-15-9-25-5-1-3-7-27(25)23-33)34-16-10-26-6-2-4-8-28(26)24-34/h1-20,23-24H,21-22H2. The van der Waals surface area contributed by atoms with Crippen LogP contribution in [-0.2, 0) is 28.7 Å². The molecule has 234 valence electrons. The topological polar surface area (TPSA) is 17.1 Å². The molecule has 46 heavy (non-hydrogen) atoms. The van der Waals surface area contributed by atoms with E-state index >= 15 is 4.57 Å². The molecule has 0 aliphatic carbocycles. The first-order valence-electron chi connectivity index (χ1n) is 14.3. The van der Waals surface area contributed by atoms with E-state index in [2.05, 4.69) is 0 Å². The number of halogens is 6. The van der Waals surface area contributed by atoms with Crippen LogP contribution in [0.5, 0.6) is 0 Å². The highest BCUT2D eigenvalue weighted by atomic mass is 32.4. The molecule has 0 aliphatic rings. The average molecular weight is 683 g/mol. The van der Waals surface area contributed by atoms with Gasteiger partial charge in [0.15, 0.2) is 0 Å². The molecular formula is C36H26F6OP2S. The second-order valence-electron chi connectivity index (χ2n) is 11.1. The molecule has 0 spiro atoms. The van der Waals surface area contributed by atoms with Gasteiger partial charge in [-0.1, -0.05) is 109 Å². The van der Waals surface area contributed by atoms with Crippen molar-refractivity contribution in [3.63, 3.8) is 0 Å². The summed E-state index contributed by atoms with van der Waals surface area (Å²) >= 11 is 6.26. The number of hydrogen-bond donors (Lipinski definition) is 0. The Morgan fingerprint density at radius 1 is 0.457 bits per heavy atom. The van der Waals surface area contributed by atoms with Crippen molar-refractivity contribution in [2.24, 2.45) is 0 Å². The van der Waals surface area contributed by atoms with Gasteiger partial charge >= 0.3 is 12.4 Å². The van der Waals surface area contributed by atoms with Crippen molar-refractivity contribution >= 4 is 67.7 Å². The molecule has 0 radical (unpaired) electrons. The molecule has 0 bridgehead atoms. The van der Waals surface area contributed by atoms with Gasteiger partial charge in [-0.3, -0.25) is 0 Å². The Balaban J connectivity index is 1.49. The van der Waals surface area contributed by atoms with Gasteiger partial charge in [-0.25, -0.2) is 0 Å². The molecule has 0 fully saturated rings. The molecule has 0 aromatic heterocycles.